The molecule has 4 nitrogen and oxygen atoms in total. The molecule has 27 heavy (non-hydrogen) atoms. The maximum Gasteiger partial charge on any atom is 0.144 e. The lowest BCUT2D eigenvalue weighted by Gasteiger charge is -2.62. The summed E-state index contributed by atoms with van der Waals surface area (Å²) in [5.74, 6) is 2.95. The van der Waals surface area contributed by atoms with Crippen LogP contribution in [-0.4, -0.2) is 39.4 Å². The van der Waals surface area contributed by atoms with Crippen molar-refractivity contribution in [3.63, 3.8) is 0 Å². The highest BCUT2D eigenvalue weighted by Crippen LogP contribution is 2.67. The molecule has 0 aromatic heterocycles. The topological polar surface area (TPSA) is 52.9 Å². The zero-order valence-electron chi connectivity index (χ0n) is 17.7. The molecule has 0 amide bonds. The molecule has 5 rings (SSSR count). The first kappa shape index (κ1) is 18.8. The molecule has 154 valence electrons. The Morgan fingerprint density at radius 2 is 1.59 bits per heavy atom. The summed E-state index contributed by atoms with van der Waals surface area (Å²) < 4.78 is 6.28. The molecule has 1 aliphatic heterocycles. The Hall–Kier alpha value is -0.160. The van der Waals surface area contributed by atoms with E-state index in [1.54, 1.807) is 5.06 Å². The number of fused-ring (bicyclic) bond motifs is 5. The van der Waals surface area contributed by atoms with Crippen molar-refractivity contribution in [1.29, 1.82) is 0 Å². The minimum absolute atomic E-state index is 0.0827. The average molecular weight is 378 g/mol. The zero-order valence-corrected chi connectivity index (χ0v) is 17.7. The Balaban J connectivity index is 1.40. The van der Waals surface area contributed by atoms with Gasteiger partial charge in [0, 0.05) is 0 Å². The predicted octanol–water partition coefficient (Wildman–Crippen LogP) is 4.59. The predicted molar refractivity (Wildman–Crippen MR) is 104 cm³/mol. The Bertz CT molecular complexity index is 623. The minimum Gasteiger partial charge on any atom is -0.393 e. The van der Waals surface area contributed by atoms with Crippen LogP contribution in [-0.2, 0) is 4.74 Å². The maximum atomic E-state index is 10.9. The quantitative estimate of drug-likeness (QED) is 0.648. The van der Waals surface area contributed by atoms with Crippen LogP contribution in [0.2, 0.25) is 0 Å². The number of nitrogens with zero attached hydrogens (tertiary/aromatic N) is 1. The highest BCUT2D eigenvalue weighted by molar-refractivity contribution is 5.11. The molecule has 0 unspecified atom stereocenters. The van der Waals surface area contributed by atoms with Gasteiger partial charge in [0.2, 0.25) is 0 Å². The Kier molecular flexibility index (Phi) is 3.99. The van der Waals surface area contributed by atoms with Crippen LogP contribution in [0.4, 0.5) is 0 Å². The van der Waals surface area contributed by atoms with E-state index in [0.29, 0.717) is 17.9 Å². The van der Waals surface area contributed by atoms with Crippen LogP contribution >= 0.6 is 0 Å². The van der Waals surface area contributed by atoms with Crippen LogP contribution in [0.15, 0.2) is 0 Å². The maximum absolute atomic E-state index is 10.9. The number of hydrogen-bond acceptors (Lipinski definition) is 4. The van der Waals surface area contributed by atoms with E-state index >= 15 is 0 Å². The summed E-state index contributed by atoms with van der Waals surface area (Å²) in [6, 6.07) is 0. The third-order valence-electron chi connectivity index (χ3n) is 10.3. The van der Waals surface area contributed by atoms with Crippen LogP contribution < -0.4 is 0 Å². The van der Waals surface area contributed by atoms with Crippen LogP contribution in [0.1, 0.15) is 85.5 Å². The van der Waals surface area contributed by atoms with Crippen molar-refractivity contribution in [2.24, 2.45) is 34.5 Å². The van der Waals surface area contributed by atoms with E-state index in [-0.39, 0.29) is 17.1 Å². The van der Waals surface area contributed by atoms with Gasteiger partial charge in [-0.2, -0.15) is 5.06 Å². The fraction of sp³-hybridized carbons (Fsp3) is 1.00. The normalized spacial score (nSPS) is 57.3. The summed E-state index contributed by atoms with van der Waals surface area (Å²) in [5.41, 5.74) is -0.189. The zero-order chi connectivity index (χ0) is 19.2. The third-order valence-corrected chi connectivity index (χ3v) is 10.3. The number of aliphatic hydroxyl groups excluding tert-OH is 1. The van der Waals surface area contributed by atoms with E-state index in [9.17, 15) is 10.3 Å². The van der Waals surface area contributed by atoms with Gasteiger partial charge in [-0.15, -0.1) is 0 Å². The summed E-state index contributed by atoms with van der Waals surface area (Å²) >= 11 is 0. The Labute approximate surface area is 164 Å². The fourth-order valence-corrected chi connectivity index (χ4v) is 8.49. The van der Waals surface area contributed by atoms with Crippen molar-refractivity contribution >= 4 is 0 Å². The van der Waals surface area contributed by atoms with Gasteiger partial charge in [0.1, 0.15) is 5.72 Å². The average Bonchev–Trinajstić information content (AvgIpc) is 3.05. The van der Waals surface area contributed by atoms with Crippen LogP contribution in [0.3, 0.4) is 0 Å². The molecule has 4 saturated carbocycles. The molecule has 0 radical (unpaired) electrons. The van der Waals surface area contributed by atoms with Crippen molar-refractivity contribution in [2.45, 2.75) is 103 Å². The molecule has 5 fully saturated rings. The standard InChI is InChI=1S/C23H39NO3/c1-20(2)14-27-23(24(20)26)12-11-21(3)15(13-23)5-6-16-17-7-8-19(25)22(17,4)10-9-18(16)21/h15-19,25-26H,5-14H2,1-4H3/t15-,16+,17+,18+,19-,21-,22+,23-/m0/s1. The van der Waals surface area contributed by atoms with E-state index in [2.05, 4.69) is 27.7 Å². The fourth-order valence-electron chi connectivity index (χ4n) is 8.49. The lowest BCUT2D eigenvalue weighted by atomic mass is 9.44. The van der Waals surface area contributed by atoms with Crippen molar-refractivity contribution in [2.75, 3.05) is 6.61 Å². The summed E-state index contributed by atoms with van der Waals surface area (Å²) in [6.07, 6.45) is 10.3. The van der Waals surface area contributed by atoms with E-state index in [0.717, 1.165) is 43.4 Å². The molecule has 4 aliphatic carbocycles. The van der Waals surface area contributed by atoms with E-state index in [1.807, 2.05) is 0 Å². The summed E-state index contributed by atoms with van der Waals surface area (Å²) in [4.78, 5) is 0. The van der Waals surface area contributed by atoms with Crippen LogP contribution in [0.25, 0.3) is 0 Å². The number of rotatable bonds is 0. The highest BCUT2D eigenvalue weighted by Gasteiger charge is 2.64. The molecule has 5 aliphatic rings. The first-order chi connectivity index (χ1) is 12.6. The van der Waals surface area contributed by atoms with E-state index < -0.39 is 5.72 Å². The van der Waals surface area contributed by atoms with Crippen molar-refractivity contribution in [3.05, 3.63) is 0 Å². The monoisotopic (exact) mass is 377 g/mol. The SMILES string of the molecule is CC1(C)CO[C@]2(CC[C@@]3(C)[C@@H](CC[C@H]4[C@H]3CC[C@]3(C)[C@@H]4CC[C@@H]3O)C2)N1O. The largest absolute Gasteiger partial charge is 0.393 e. The molecular formula is C23H39NO3. The van der Waals surface area contributed by atoms with Gasteiger partial charge in [-0.25, -0.2) is 0 Å². The molecule has 1 saturated heterocycles. The van der Waals surface area contributed by atoms with Gasteiger partial charge < -0.3 is 15.1 Å². The van der Waals surface area contributed by atoms with Crippen LogP contribution in [0, 0.1) is 34.5 Å². The Morgan fingerprint density at radius 3 is 2.30 bits per heavy atom. The molecule has 1 spiro atoms. The van der Waals surface area contributed by atoms with Gasteiger partial charge in [-0.1, -0.05) is 13.8 Å². The van der Waals surface area contributed by atoms with Gasteiger partial charge in [0.15, 0.2) is 0 Å². The van der Waals surface area contributed by atoms with E-state index in [1.165, 1.54) is 32.1 Å². The smallest absolute Gasteiger partial charge is 0.144 e. The van der Waals surface area contributed by atoms with Gasteiger partial charge in [0.05, 0.1) is 18.2 Å². The van der Waals surface area contributed by atoms with Crippen molar-refractivity contribution in [1.82, 2.24) is 5.06 Å². The van der Waals surface area contributed by atoms with Crippen LogP contribution in [0.5, 0.6) is 0 Å². The second kappa shape index (κ2) is 5.71. The van der Waals surface area contributed by atoms with Crippen molar-refractivity contribution < 1.29 is 15.1 Å². The molecular weight excluding hydrogens is 338 g/mol. The number of ether oxygens (including phenoxy) is 1. The minimum atomic E-state index is -0.451. The molecule has 8 atom stereocenters. The summed E-state index contributed by atoms with van der Waals surface area (Å²) in [5, 5.41) is 23.1. The number of aliphatic hydroxyl groups is 1. The van der Waals surface area contributed by atoms with Gasteiger partial charge in [-0.3, -0.25) is 0 Å². The summed E-state index contributed by atoms with van der Waals surface area (Å²) in [6.45, 7) is 9.71. The first-order valence-corrected chi connectivity index (χ1v) is 11.4. The molecule has 4 heteroatoms. The molecule has 0 aromatic carbocycles. The number of hydroxylamine groups is 2. The second-order valence-electron chi connectivity index (χ2n) is 11.9. The van der Waals surface area contributed by atoms with E-state index in [4.69, 9.17) is 4.74 Å². The molecule has 0 aromatic rings. The molecule has 2 N–H and O–H groups in total. The molecule has 0 bridgehead atoms. The number of hydrogen-bond donors (Lipinski definition) is 2. The lowest BCUT2D eigenvalue weighted by Crippen LogP contribution is -2.60. The third kappa shape index (κ3) is 2.36. The van der Waals surface area contributed by atoms with Gasteiger partial charge in [-0.05, 0) is 106 Å². The lowest BCUT2D eigenvalue weighted by molar-refractivity contribution is -0.283. The van der Waals surface area contributed by atoms with Gasteiger partial charge >= 0.3 is 0 Å². The first-order valence-electron chi connectivity index (χ1n) is 11.4. The van der Waals surface area contributed by atoms with Gasteiger partial charge in [0.25, 0.3) is 0 Å². The second-order valence-corrected chi connectivity index (χ2v) is 11.9. The summed E-state index contributed by atoms with van der Waals surface area (Å²) in [7, 11) is 0. The highest BCUT2D eigenvalue weighted by atomic mass is 16.6. The molecule has 1 heterocycles. The Morgan fingerprint density at radius 1 is 0.852 bits per heavy atom. The van der Waals surface area contributed by atoms with Crippen molar-refractivity contribution in [3.8, 4) is 0 Å².